The van der Waals surface area contributed by atoms with Crippen molar-refractivity contribution < 1.29 is 18.0 Å². The number of carbonyl (C=O) groups is 2. The van der Waals surface area contributed by atoms with Gasteiger partial charge < -0.3 is 10.2 Å². The van der Waals surface area contributed by atoms with Gasteiger partial charge in [-0.15, -0.1) is 0 Å². The average Bonchev–Trinajstić information content (AvgIpc) is 2.89. The lowest BCUT2D eigenvalue weighted by molar-refractivity contribution is -0.139. The Morgan fingerprint density at radius 3 is 1.98 bits per heavy atom. The van der Waals surface area contributed by atoms with Crippen LogP contribution in [0.4, 0.5) is 5.69 Å². The number of nitrogens with one attached hydrogen (secondary N) is 1. The molecule has 3 aromatic rings. The summed E-state index contributed by atoms with van der Waals surface area (Å²) in [6.07, 6.45) is 0. The first kappa shape index (κ1) is 32.0. The van der Waals surface area contributed by atoms with Crippen LogP contribution >= 0.6 is 46.4 Å². The summed E-state index contributed by atoms with van der Waals surface area (Å²) in [7, 11) is -4.26. The van der Waals surface area contributed by atoms with E-state index in [1.54, 1.807) is 43.3 Å². The molecule has 1 N–H and O–H groups in total. The first-order valence-electron chi connectivity index (χ1n) is 12.3. The van der Waals surface area contributed by atoms with Gasteiger partial charge >= 0.3 is 0 Å². The fourth-order valence-electron chi connectivity index (χ4n) is 3.82. The molecular weight excluding hydrogens is 616 g/mol. The second-order valence-corrected chi connectivity index (χ2v) is 13.0. The Morgan fingerprint density at radius 1 is 0.850 bits per heavy atom. The summed E-state index contributed by atoms with van der Waals surface area (Å²) >= 11 is 25.2. The van der Waals surface area contributed by atoms with Crippen molar-refractivity contribution in [2.24, 2.45) is 5.92 Å². The summed E-state index contributed by atoms with van der Waals surface area (Å²) < 4.78 is 28.5. The van der Waals surface area contributed by atoms with Crippen molar-refractivity contribution in [1.29, 1.82) is 0 Å². The van der Waals surface area contributed by atoms with Gasteiger partial charge in [-0.3, -0.25) is 13.9 Å². The minimum absolute atomic E-state index is 0.0395. The summed E-state index contributed by atoms with van der Waals surface area (Å²) in [5, 5.41) is 3.79. The Bertz CT molecular complexity index is 1430. The number of rotatable bonds is 11. The van der Waals surface area contributed by atoms with Crippen LogP contribution in [0.1, 0.15) is 26.3 Å². The number of sulfonamides is 1. The summed E-state index contributed by atoms with van der Waals surface area (Å²) in [6.45, 7) is 5.05. The van der Waals surface area contributed by atoms with Crippen molar-refractivity contribution in [1.82, 2.24) is 10.2 Å². The smallest absolute Gasteiger partial charge is 0.264 e. The third kappa shape index (κ3) is 8.04. The van der Waals surface area contributed by atoms with Crippen LogP contribution in [0.2, 0.25) is 20.1 Å². The standard InChI is InChI=1S/C28H29Cl4N3O4S/c1-18(2)15-33-28(37)19(3)34(16-24-25(31)10-7-11-26(24)32)27(36)17-35(22-13-20(29)12-21(30)14-22)40(38,39)23-8-5-4-6-9-23/h4-14,18-19H,15-17H2,1-3H3,(H,33,37)/t19-/m0/s1. The molecule has 0 aromatic heterocycles. The minimum atomic E-state index is -4.26. The van der Waals surface area contributed by atoms with Crippen LogP contribution in [-0.2, 0) is 26.2 Å². The molecule has 0 unspecified atom stereocenters. The summed E-state index contributed by atoms with van der Waals surface area (Å²) in [6, 6.07) is 15.8. The number of hydrogen-bond acceptors (Lipinski definition) is 4. The van der Waals surface area contributed by atoms with E-state index in [0.29, 0.717) is 22.2 Å². The number of benzene rings is 3. The van der Waals surface area contributed by atoms with Gasteiger partial charge in [0.25, 0.3) is 10.0 Å². The van der Waals surface area contributed by atoms with Gasteiger partial charge in [-0.05, 0) is 55.3 Å². The Kier molecular flexibility index (Phi) is 11.1. The third-order valence-corrected chi connectivity index (χ3v) is 8.92. The molecule has 0 heterocycles. The maximum Gasteiger partial charge on any atom is 0.264 e. The van der Waals surface area contributed by atoms with Crippen molar-refractivity contribution in [2.75, 3.05) is 17.4 Å². The van der Waals surface area contributed by atoms with Gasteiger partial charge in [0, 0.05) is 38.7 Å². The molecule has 1 atom stereocenters. The lowest BCUT2D eigenvalue weighted by Gasteiger charge is -2.32. The normalized spacial score (nSPS) is 12.2. The van der Waals surface area contributed by atoms with E-state index in [1.807, 2.05) is 13.8 Å². The Morgan fingerprint density at radius 2 is 1.43 bits per heavy atom. The molecule has 0 saturated carbocycles. The van der Waals surface area contributed by atoms with Gasteiger partial charge in [-0.1, -0.05) is 84.5 Å². The van der Waals surface area contributed by atoms with Crippen LogP contribution in [0, 0.1) is 5.92 Å². The highest BCUT2D eigenvalue weighted by Crippen LogP contribution is 2.31. The highest BCUT2D eigenvalue weighted by atomic mass is 35.5. The largest absolute Gasteiger partial charge is 0.354 e. The van der Waals surface area contributed by atoms with Crippen LogP contribution in [-0.4, -0.2) is 44.3 Å². The number of halogens is 4. The fourth-order valence-corrected chi connectivity index (χ4v) is 6.27. The molecule has 2 amide bonds. The van der Waals surface area contributed by atoms with Crippen LogP contribution in [0.25, 0.3) is 0 Å². The van der Waals surface area contributed by atoms with Crippen LogP contribution in [0.3, 0.4) is 0 Å². The summed E-state index contributed by atoms with van der Waals surface area (Å²) in [5.74, 6) is -0.898. The first-order chi connectivity index (χ1) is 18.8. The predicted molar refractivity (Wildman–Crippen MR) is 162 cm³/mol. The average molecular weight is 645 g/mol. The van der Waals surface area contributed by atoms with Crippen molar-refractivity contribution >= 4 is 73.9 Å². The zero-order chi connectivity index (χ0) is 29.6. The number of amides is 2. The summed E-state index contributed by atoms with van der Waals surface area (Å²) in [4.78, 5) is 28.3. The molecule has 7 nitrogen and oxygen atoms in total. The van der Waals surface area contributed by atoms with Gasteiger partial charge in [0.05, 0.1) is 10.6 Å². The molecule has 0 aliphatic carbocycles. The van der Waals surface area contributed by atoms with E-state index in [9.17, 15) is 18.0 Å². The molecule has 214 valence electrons. The highest BCUT2D eigenvalue weighted by Gasteiger charge is 2.33. The Balaban J connectivity index is 2.07. The second-order valence-electron chi connectivity index (χ2n) is 9.49. The van der Waals surface area contributed by atoms with E-state index >= 15 is 0 Å². The molecule has 3 aromatic carbocycles. The zero-order valence-corrected chi connectivity index (χ0v) is 25.9. The molecule has 0 fully saturated rings. The van der Waals surface area contributed by atoms with Crippen LogP contribution < -0.4 is 9.62 Å². The van der Waals surface area contributed by atoms with Crippen LogP contribution in [0.15, 0.2) is 71.6 Å². The van der Waals surface area contributed by atoms with Crippen molar-refractivity contribution in [3.63, 3.8) is 0 Å². The molecule has 0 bridgehead atoms. The van der Waals surface area contributed by atoms with Crippen LogP contribution in [0.5, 0.6) is 0 Å². The third-order valence-electron chi connectivity index (χ3n) is 5.99. The van der Waals surface area contributed by atoms with E-state index in [1.165, 1.54) is 35.2 Å². The molecular formula is C28H29Cl4N3O4S. The minimum Gasteiger partial charge on any atom is -0.354 e. The fraction of sp³-hybridized carbons (Fsp3) is 0.286. The monoisotopic (exact) mass is 643 g/mol. The SMILES string of the molecule is CC(C)CNC(=O)[C@H](C)N(Cc1c(Cl)cccc1Cl)C(=O)CN(c1cc(Cl)cc(Cl)c1)S(=O)(=O)c1ccccc1. The summed E-state index contributed by atoms with van der Waals surface area (Å²) in [5.41, 5.74) is 0.508. The van der Waals surface area contributed by atoms with Gasteiger partial charge in [-0.2, -0.15) is 0 Å². The molecule has 0 spiro atoms. The lowest BCUT2D eigenvalue weighted by atomic mass is 10.1. The number of anilines is 1. The molecule has 0 aliphatic heterocycles. The van der Waals surface area contributed by atoms with Gasteiger partial charge in [0.1, 0.15) is 12.6 Å². The highest BCUT2D eigenvalue weighted by molar-refractivity contribution is 7.92. The van der Waals surface area contributed by atoms with E-state index in [-0.39, 0.29) is 33.1 Å². The molecule has 12 heteroatoms. The molecule has 0 aliphatic rings. The van der Waals surface area contributed by atoms with Gasteiger partial charge in [0.2, 0.25) is 11.8 Å². The van der Waals surface area contributed by atoms with E-state index in [4.69, 9.17) is 46.4 Å². The van der Waals surface area contributed by atoms with Crippen molar-refractivity contribution in [2.45, 2.75) is 38.3 Å². The van der Waals surface area contributed by atoms with Crippen molar-refractivity contribution in [3.05, 3.63) is 92.4 Å². The number of hydrogen-bond donors (Lipinski definition) is 1. The Hall–Kier alpha value is -2.49. The number of nitrogens with zero attached hydrogens (tertiary/aromatic N) is 2. The predicted octanol–water partition coefficient (Wildman–Crippen LogP) is 6.69. The van der Waals surface area contributed by atoms with E-state index in [2.05, 4.69) is 5.32 Å². The molecule has 0 radical (unpaired) electrons. The molecule has 3 rings (SSSR count). The maximum absolute atomic E-state index is 14.0. The topological polar surface area (TPSA) is 86.8 Å². The Labute approximate surface area is 255 Å². The number of carbonyl (C=O) groups excluding carboxylic acids is 2. The van der Waals surface area contributed by atoms with E-state index in [0.717, 1.165) is 4.31 Å². The quantitative estimate of drug-likeness (QED) is 0.252. The molecule has 40 heavy (non-hydrogen) atoms. The van der Waals surface area contributed by atoms with Crippen molar-refractivity contribution in [3.8, 4) is 0 Å². The maximum atomic E-state index is 14.0. The van der Waals surface area contributed by atoms with Gasteiger partial charge in [-0.25, -0.2) is 8.42 Å². The first-order valence-corrected chi connectivity index (χ1v) is 15.3. The molecule has 0 saturated heterocycles. The lowest BCUT2D eigenvalue weighted by Crippen LogP contribution is -2.51. The van der Waals surface area contributed by atoms with E-state index < -0.39 is 34.4 Å². The van der Waals surface area contributed by atoms with Gasteiger partial charge in [0.15, 0.2) is 0 Å². The second kappa shape index (κ2) is 13.9. The zero-order valence-electron chi connectivity index (χ0n) is 22.1.